The van der Waals surface area contributed by atoms with Crippen molar-refractivity contribution >= 4 is 11.6 Å². The summed E-state index contributed by atoms with van der Waals surface area (Å²) in [5, 5.41) is 10.2. The highest BCUT2D eigenvalue weighted by atomic mass is 19.4. The number of anilines is 1. The summed E-state index contributed by atoms with van der Waals surface area (Å²) >= 11 is 0. The molecule has 3 aromatic heterocycles. The molecular formula is C22H17F3N6O. The van der Waals surface area contributed by atoms with Gasteiger partial charge in [0.15, 0.2) is 5.82 Å². The van der Waals surface area contributed by atoms with E-state index in [4.69, 9.17) is 0 Å². The minimum Gasteiger partial charge on any atom is -0.321 e. The van der Waals surface area contributed by atoms with Gasteiger partial charge in [0, 0.05) is 35.4 Å². The van der Waals surface area contributed by atoms with Crippen LogP contribution in [0.15, 0.2) is 73.4 Å². The fourth-order valence-corrected chi connectivity index (χ4v) is 3.09. The van der Waals surface area contributed by atoms with Gasteiger partial charge in [-0.2, -0.15) is 13.2 Å². The van der Waals surface area contributed by atoms with Crippen LogP contribution in [0.3, 0.4) is 0 Å². The molecule has 0 spiro atoms. The molecule has 0 aliphatic heterocycles. The number of rotatable bonds is 5. The second-order valence-corrected chi connectivity index (χ2v) is 6.99. The maximum atomic E-state index is 13.2. The van der Waals surface area contributed by atoms with Crippen molar-refractivity contribution in [1.82, 2.24) is 24.7 Å². The Bertz CT molecular complexity index is 1240. The van der Waals surface area contributed by atoms with Crippen LogP contribution in [0.4, 0.5) is 18.9 Å². The van der Waals surface area contributed by atoms with Gasteiger partial charge in [0.25, 0.3) is 5.91 Å². The van der Waals surface area contributed by atoms with Crippen LogP contribution in [-0.4, -0.2) is 36.8 Å². The zero-order valence-corrected chi connectivity index (χ0v) is 16.8. The van der Waals surface area contributed by atoms with Gasteiger partial charge in [0.2, 0.25) is 0 Å². The Balaban J connectivity index is 1.57. The van der Waals surface area contributed by atoms with Crippen LogP contribution < -0.4 is 5.32 Å². The quantitative estimate of drug-likeness (QED) is 0.485. The van der Waals surface area contributed by atoms with E-state index < -0.39 is 18.1 Å². The van der Waals surface area contributed by atoms with Gasteiger partial charge < -0.3 is 9.88 Å². The first-order valence-electron chi connectivity index (χ1n) is 9.57. The molecule has 32 heavy (non-hydrogen) atoms. The summed E-state index contributed by atoms with van der Waals surface area (Å²) < 4.78 is 40.4. The van der Waals surface area contributed by atoms with E-state index in [9.17, 15) is 18.0 Å². The molecule has 0 saturated heterocycles. The van der Waals surface area contributed by atoms with Crippen molar-refractivity contribution in [2.45, 2.75) is 19.1 Å². The number of hydrogen-bond acceptors (Lipinski definition) is 5. The minimum atomic E-state index is -4.45. The summed E-state index contributed by atoms with van der Waals surface area (Å²) in [4.78, 5) is 20.9. The van der Waals surface area contributed by atoms with Gasteiger partial charge in [-0.15, -0.1) is 10.2 Å². The number of hydrogen-bond donors (Lipinski definition) is 1. The maximum absolute atomic E-state index is 13.2. The van der Waals surface area contributed by atoms with Crippen molar-refractivity contribution in [3.05, 3.63) is 79.1 Å². The molecule has 1 N–H and O–H groups in total. The molecule has 1 amide bonds. The molecule has 0 radical (unpaired) electrons. The number of aromatic nitrogens is 5. The van der Waals surface area contributed by atoms with Crippen LogP contribution in [0.2, 0.25) is 0 Å². The third-order valence-corrected chi connectivity index (χ3v) is 4.83. The SMILES string of the molecule is C[C@H](n1cnnc1-c1cccc(NC(=O)c2cc(-c3cccnc3)ccn2)c1)C(F)(F)F. The third-order valence-electron chi connectivity index (χ3n) is 4.83. The van der Waals surface area contributed by atoms with Gasteiger partial charge in [-0.05, 0) is 42.8 Å². The zero-order chi connectivity index (χ0) is 22.7. The normalized spacial score (nSPS) is 12.4. The highest BCUT2D eigenvalue weighted by Gasteiger charge is 2.38. The maximum Gasteiger partial charge on any atom is 0.408 e. The van der Waals surface area contributed by atoms with Crippen molar-refractivity contribution < 1.29 is 18.0 Å². The number of nitrogens with one attached hydrogen (secondary N) is 1. The van der Waals surface area contributed by atoms with E-state index in [-0.39, 0.29) is 11.5 Å². The number of halogens is 3. The van der Waals surface area contributed by atoms with Crippen LogP contribution in [0.25, 0.3) is 22.5 Å². The fraction of sp³-hybridized carbons (Fsp3) is 0.136. The van der Waals surface area contributed by atoms with E-state index in [1.807, 2.05) is 6.07 Å². The Kier molecular flexibility index (Phi) is 5.67. The molecule has 10 heteroatoms. The molecule has 0 fully saturated rings. The molecule has 1 atom stereocenters. The van der Waals surface area contributed by atoms with Crippen molar-refractivity contribution in [3.63, 3.8) is 0 Å². The summed E-state index contributed by atoms with van der Waals surface area (Å²) in [6, 6.07) is 11.6. The monoisotopic (exact) mass is 438 g/mol. The van der Waals surface area contributed by atoms with Gasteiger partial charge in [-0.3, -0.25) is 14.8 Å². The van der Waals surface area contributed by atoms with Crippen molar-refractivity contribution in [2.75, 3.05) is 5.32 Å². The van der Waals surface area contributed by atoms with E-state index >= 15 is 0 Å². The molecule has 3 heterocycles. The smallest absolute Gasteiger partial charge is 0.321 e. The second kappa shape index (κ2) is 8.58. The van der Waals surface area contributed by atoms with Gasteiger partial charge >= 0.3 is 6.18 Å². The van der Waals surface area contributed by atoms with Crippen LogP contribution >= 0.6 is 0 Å². The lowest BCUT2D eigenvalue weighted by atomic mass is 10.1. The Morgan fingerprint density at radius 3 is 2.59 bits per heavy atom. The number of nitrogens with zero attached hydrogens (tertiary/aromatic N) is 5. The molecule has 4 aromatic rings. The van der Waals surface area contributed by atoms with Crippen LogP contribution in [-0.2, 0) is 0 Å². The average molecular weight is 438 g/mol. The Morgan fingerprint density at radius 1 is 1.03 bits per heavy atom. The Morgan fingerprint density at radius 2 is 1.84 bits per heavy atom. The molecule has 4 rings (SSSR count). The predicted molar refractivity (Wildman–Crippen MR) is 112 cm³/mol. The Hall–Kier alpha value is -4.08. The zero-order valence-electron chi connectivity index (χ0n) is 16.8. The molecule has 1 aromatic carbocycles. The van der Waals surface area contributed by atoms with Crippen LogP contribution in [0.5, 0.6) is 0 Å². The van der Waals surface area contributed by atoms with Crippen molar-refractivity contribution in [1.29, 1.82) is 0 Å². The number of carbonyl (C=O) groups excluding carboxylic acids is 1. The summed E-state index contributed by atoms with van der Waals surface area (Å²) in [6.45, 7) is 1.03. The van der Waals surface area contributed by atoms with Gasteiger partial charge in [0.1, 0.15) is 18.1 Å². The predicted octanol–water partition coefficient (Wildman–Crippen LogP) is 4.78. The summed E-state index contributed by atoms with van der Waals surface area (Å²) in [5.74, 6) is -0.416. The third kappa shape index (κ3) is 4.48. The van der Waals surface area contributed by atoms with E-state index in [0.29, 0.717) is 11.3 Å². The molecule has 162 valence electrons. The lowest BCUT2D eigenvalue weighted by molar-refractivity contribution is -0.162. The van der Waals surface area contributed by atoms with Crippen LogP contribution in [0, 0.1) is 0 Å². The van der Waals surface area contributed by atoms with Gasteiger partial charge in [0.05, 0.1) is 0 Å². The largest absolute Gasteiger partial charge is 0.408 e. The minimum absolute atomic E-state index is 0.0441. The van der Waals surface area contributed by atoms with Crippen molar-refractivity contribution in [2.24, 2.45) is 0 Å². The lowest BCUT2D eigenvalue weighted by Gasteiger charge is -2.18. The first-order valence-corrected chi connectivity index (χ1v) is 9.57. The highest BCUT2D eigenvalue weighted by molar-refractivity contribution is 6.03. The summed E-state index contributed by atoms with van der Waals surface area (Å²) in [7, 11) is 0. The molecular weight excluding hydrogens is 421 g/mol. The number of alkyl halides is 3. The topological polar surface area (TPSA) is 85.6 Å². The van der Waals surface area contributed by atoms with Gasteiger partial charge in [-0.25, -0.2) is 0 Å². The fourth-order valence-electron chi connectivity index (χ4n) is 3.09. The first-order chi connectivity index (χ1) is 15.3. The number of carbonyl (C=O) groups is 1. The summed E-state index contributed by atoms with van der Waals surface area (Å²) in [5.41, 5.74) is 2.57. The lowest BCUT2D eigenvalue weighted by Crippen LogP contribution is -2.24. The van der Waals surface area contributed by atoms with E-state index in [1.165, 1.54) is 12.3 Å². The molecule has 0 aliphatic rings. The van der Waals surface area contributed by atoms with E-state index in [2.05, 4.69) is 25.5 Å². The molecule has 0 saturated carbocycles. The first kappa shape index (κ1) is 21.2. The highest BCUT2D eigenvalue weighted by Crippen LogP contribution is 2.33. The average Bonchev–Trinajstić information content (AvgIpc) is 3.28. The number of benzene rings is 1. The van der Waals surface area contributed by atoms with E-state index in [0.717, 1.165) is 28.9 Å². The van der Waals surface area contributed by atoms with Crippen molar-refractivity contribution in [3.8, 4) is 22.5 Å². The molecule has 0 unspecified atom stereocenters. The van der Waals surface area contributed by atoms with Crippen LogP contribution in [0.1, 0.15) is 23.5 Å². The van der Waals surface area contributed by atoms with Gasteiger partial charge in [-0.1, -0.05) is 18.2 Å². The molecule has 0 aliphatic carbocycles. The molecule has 0 bridgehead atoms. The standard InChI is InChI=1S/C22H17F3N6O/c1-14(22(23,24)25)31-13-28-30-20(31)16-4-2-6-18(10-16)29-21(32)19-11-15(7-9-27-19)17-5-3-8-26-12-17/h2-14H,1H3,(H,29,32)/t14-/m0/s1. The number of pyridine rings is 2. The summed E-state index contributed by atoms with van der Waals surface area (Å²) in [6.07, 6.45) is 1.44. The Labute approximate surface area is 181 Å². The second-order valence-electron chi connectivity index (χ2n) is 6.99. The number of amides is 1. The molecule has 7 nitrogen and oxygen atoms in total. The van der Waals surface area contributed by atoms with E-state index in [1.54, 1.807) is 48.8 Å².